The van der Waals surface area contributed by atoms with Crippen molar-refractivity contribution >= 4 is 17.7 Å². The molecule has 2 fully saturated rings. The van der Waals surface area contributed by atoms with Crippen molar-refractivity contribution < 1.29 is 9.53 Å². The number of ether oxygens (including phenoxy) is 1. The molecular weight excluding hydrogens is 338 g/mol. The van der Waals surface area contributed by atoms with Crippen LogP contribution in [0.5, 0.6) is 0 Å². The number of rotatable bonds is 9. The number of thioether (sulfide) groups is 1. The van der Waals surface area contributed by atoms with Crippen molar-refractivity contribution in [2.24, 2.45) is 5.73 Å². The Bertz CT molecular complexity index is 553. The largest absolute Gasteiger partial charge is 0.376 e. The first-order valence-electron chi connectivity index (χ1n) is 9.39. The van der Waals surface area contributed by atoms with Gasteiger partial charge in [-0.1, -0.05) is 18.2 Å². The van der Waals surface area contributed by atoms with Crippen LogP contribution in [-0.4, -0.2) is 63.7 Å². The summed E-state index contributed by atoms with van der Waals surface area (Å²) in [5.74, 6) is 1.56. The van der Waals surface area contributed by atoms with Gasteiger partial charge in [-0.25, -0.2) is 0 Å². The highest BCUT2D eigenvalue weighted by Crippen LogP contribution is 2.22. The molecule has 8 heteroatoms. The number of hydrogen-bond donors (Lipinski definition) is 1. The molecule has 2 N–H and O–H groups in total. The van der Waals surface area contributed by atoms with Gasteiger partial charge in [0.1, 0.15) is 5.82 Å². The topological polar surface area (TPSA) is 86.3 Å². The molecule has 1 aromatic rings. The molecule has 1 amide bonds. The van der Waals surface area contributed by atoms with Crippen molar-refractivity contribution in [3.8, 4) is 0 Å². The summed E-state index contributed by atoms with van der Waals surface area (Å²) in [7, 11) is 0. The van der Waals surface area contributed by atoms with Gasteiger partial charge in [-0.05, 0) is 38.8 Å². The molecule has 25 heavy (non-hydrogen) atoms. The maximum Gasteiger partial charge on any atom is 0.217 e. The Morgan fingerprint density at radius 3 is 2.80 bits per heavy atom. The predicted molar refractivity (Wildman–Crippen MR) is 97.5 cm³/mol. The van der Waals surface area contributed by atoms with Crippen LogP contribution in [0.3, 0.4) is 0 Å². The summed E-state index contributed by atoms with van der Waals surface area (Å²) in [5, 5.41) is 9.62. The number of hydrogen-bond acceptors (Lipinski definition) is 6. The Kier molecular flexibility index (Phi) is 7.12. The number of piperidine rings is 1. The molecule has 3 rings (SSSR count). The fourth-order valence-corrected chi connectivity index (χ4v) is 4.44. The average molecular weight is 368 g/mol. The van der Waals surface area contributed by atoms with Gasteiger partial charge >= 0.3 is 0 Å². The highest BCUT2D eigenvalue weighted by atomic mass is 32.2. The minimum absolute atomic E-state index is 0.227. The molecule has 0 aromatic carbocycles. The lowest BCUT2D eigenvalue weighted by Gasteiger charge is -2.26. The summed E-state index contributed by atoms with van der Waals surface area (Å²) in [6.07, 6.45) is 7.26. The van der Waals surface area contributed by atoms with Crippen molar-refractivity contribution in [1.82, 2.24) is 19.7 Å². The number of nitrogens with two attached hydrogens (primary N) is 1. The van der Waals surface area contributed by atoms with Crippen LogP contribution in [0.2, 0.25) is 0 Å². The SMILES string of the molecule is NC(=O)CCc1nnc(SCCN2CCCCC2)n1CC1CCCO1. The molecule has 3 heterocycles. The Morgan fingerprint density at radius 1 is 1.24 bits per heavy atom. The number of aryl methyl sites for hydroxylation is 1. The van der Waals surface area contributed by atoms with Gasteiger partial charge in [-0.2, -0.15) is 0 Å². The minimum atomic E-state index is -0.300. The first-order chi connectivity index (χ1) is 12.2. The zero-order chi connectivity index (χ0) is 17.5. The lowest BCUT2D eigenvalue weighted by molar-refractivity contribution is -0.118. The van der Waals surface area contributed by atoms with E-state index >= 15 is 0 Å². The van der Waals surface area contributed by atoms with Crippen molar-refractivity contribution in [1.29, 1.82) is 0 Å². The molecule has 1 aromatic heterocycles. The van der Waals surface area contributed by atoms with Gasteiger partial charge < -0.3 is 19.9 Å². The standard InChI is InChI=1S/C17H29N5O2S/c18-15(23)6-7-16-19-20-17(22(16)13-14-5-4-11-24-14)25-12-10-21-8-2-1-3-9-21/h14H,1-13H2,(H2,18,23). The first kappa shape index (κ1) is 18.7. The van der Waals surface area contributed by atoms with Crippen molar-refractivity contribution in [2.75, 3.05) is 32.0 Å². The average Bonchev–Trinajstić information content (AvgIpc) is 3.25. The van der Waals surface area contributed by atoms with E-state index in [0.717, 1.165) is 49.3 Å². The summed E-state index contributed by atoms with van der Waals surface area (Å²) < 4.78 is 7.91. The fourth-order valence-electron chi connectivity index (χ4n) is 3.47. The van der Waals surface area contributed by atoms with Gasteiger partial charge in [-0.15, -0.1) is 10.2 Å². The number of carbonyl (C=O) groups excluding carboxylic acids is 1. The van der Waals surface area contributed by atoms with Crippen LogP contribution in [0.1, 0.15) is 44.3 Å². The van der Waals surface area contributed by atoms with Crippen molar-refractivity contribution in [3.63, 3.8) is 0 Å². The summed E-state index contributed by atoms with van der Waals surface area (Å²) in [4.78, 5) is 13.6. The number of carbonyl (C=O) groups is 1. The second-order valence-corrected chi connectivity index (χ2v) is 7.92. The maximum atomic E-state index is 11.1. The molecule has 0 bridgehead atoms. The van der Waals surface area contributed by atoms with Crippen LogP contribution < -0.4 is 5.73 Å². The number of nitrogens with zero attached hydrogens (tertiary/aromatic N) is 4. The molecule has 2 saturated heterocycles. The second kappa shape index (κ2) is 9.54. The maximum absolute atomic E-state index is 11.1. The zero-order valence-electron chi connectivity index (χ0n) is 14.9. The third-order valence-electron chi connectivity index (χ3n) is 4.89. The molecule has 0 radical (unpaired) electrons. The lowest BCUT2D eigenvalue weighted by atomic mass is 10.1. The zero-order valence-corrected chi connectivity index (χ0v) is 15.7. The highest BCUT2D eigenvalue weighted by Gasteiger charge is 2.21. The predicted octanol–water partition coefficient (Wildman–Crippen LogP) is 1.45. The second-order valence-electron chi connectivity index (χ2n) is 6.86. The molecule has 2 aliphatic heterocycles. The quantitative estimate of drug-likeness (QED) is 0.665. The van der Waals surface area contributed by atoms with E-state index in [4.69, 9.17) is 10.5 Å². The van der Waals surface area contributed by atoms with Gasteiger partial charge in [0, 0.05) is 31.7 Å². The highest BCUT2D eigenvalue weighted by molar-refractivity contribution is 7.99. The molecule has 2 aliphatic rings. The minimum Gasteiger partial charge on any atom is -0.376 e. The first-order valence-corrected chi connectivity index (χ1v) is 10.4. The number of likely N-dealkylation sites (tertiary alicyclic amines) is 1. The van der Waals surface area contributed by atoms with Crippen LogP contribution in [-0.2, 0) is 22.5 Å². The van der Waals surface area contributed by atoms with Gasteiger partial charge in [0.25, 0.3) is 0 Å². The summed E-state index contributed by atoms with van der Waals surface area (Å²) in [5.41, 5.74) is 5.29. The lowest BCUT2D eigenvalue weighted by Crippen LogP contribution is -2.31. The van der Waals surface area contributed by atoms with Gasteiger partial charge in [0.05, 0.1) is 12.6 Å². The third kappa shape index (κ3) is 5.69. The fraction of sp³-hybridized carbons (Fsp3) is 0.824. The van der Waals surface area contributed by atoms with E-state index in [0.29, 0.717) is 12.8 Å². The Hall–Kier alpha value is -1.12. The molecule has 140 valence electrons. The number of aromatic nitrogens is 3. The Labute approximate surface area is 153 Å². The summed E-state index contributed by atoms with van der Waals surface area (Å²) in [6.45, 7) is 5.13. The number of primary amides is 1. The third-order valence-corrected chi connectivity index (χ3v) is 5.83. The van der Waals surface area contributed by atoms with E-state index in [1.54, 1.807) is 11.8 Å². The van der Waals surface area contributed by atoms with Gasteiger partial charge in [0.15, 0.2) is 5.16 Å². The summed E-state index contributed by atoms with van der Waals surface area (Å²) in [6, 6.07) is 0. The monoisotopic (exact) mass is 367 g/mol. The van der Waals surface area contributed by atoms with Gasteiger partial charge in [-0.3, -0.25) is 4.79 Å². The van der Waals surface area contributed by atoms with Crippen LogP contribution in [0, 0.1) is 0 Å². The van der Waals surface area contributed by atoms with E-state index in [9.17, 15) is 4.79 Å². The molecule has 1 unspecified atom stereocenters. The van der Waals surface area contributed by atoms with Crippen molar-refractivity contribution in [2.45, 2.75) is 62.8 Å². The normalized spacial score (nSPS) is 21.7. The van der Waals surface area contributed by atoms with Crippen LogP contribution >= 0.6 is 11.8 Å². The molecule has 0 spiro atoms. The Morgan fingerprint density at radius 2 is 2.08 bits per heavy atom. The van der Waals surface area contributed by atoms with Crippen LogP contribution in [0.25, 0.3) is 0 Å². The molecular formula is C17H29N5O2S. The molecule has 0 saturated carbocycles. The summed E-state index contributed by atoms with van der Waals surface area (Å²) >= 11 is 1.76. The van der Waals surface area contributed by atoms with E-state index in [-0.39, 0.29) is 12.0 Å². The van der Waals surface area contributed by atoms with Crippen molar-refractivity contribution in [3.05, 3.63) is 5.82 Å². The molecule has 7 nitrogen and oxygen atoms in total. The number of amides is 1. The molecule has 1 atom stereocenters. The van der Waals surface area contributed by atoms with Gasteiger partial charge in [0.2, 0.25) is 5.91 Å². The van der Waals surface area contributed by atoms with E-state index in [2.05, 4.69) is 19.7 Å². The van der Waals surface area contributed by atoms with E-state index in [1.165, 1.54) is 32.4 Å². The molecule has 0 aliphatic carbocycles. The smallest absolute Gasteiger partial charge is 0.217 e. The van der Waals surface area contributed by atoms with E-state index in [1.807, 2.05) is 0 Å². The van der Waals surface area contributed by atoms with Crippen LogP contribution in [0.4, 0.5) is 0 Å². The van der Waals surface area contributed by atoms with E-state index < -0.39 is 0 Å². The van der Waals surface area contributed by atoms with Crippen LogP contribution in [0.15, 0.2) is 5.16 Å². The Balaban J connectivity index is 1.58.